The van der Waals surface area contributed by atoms with Crippen molar-refractivity contribution in [1.82, 2.24) is 5.32 Å². The van der Waals surface area contributed by atoms with Crippen LogP contribution in [-0.4, -0.2) is 26.0 Å². The molecule has 2 unspecified atom stereocenters. The van der Waals surface area contributed by atoms with Crippen molar-refractivity contribution in [1.29, 1.82) is 0 Å². The van der Waals surface area contributed by atoms with Gasteiger partial charge in [-0.3, -0.25) is 0 Å². The van der Waals surface area contributed by atoms with Crippen molar-refractivity contribution in [3.8, 4) is 0 Å². The van der Waals surface area contributed by atoms with E-state index in [1.54, 1.807) is 0 Å². The van der Waals surface area contributed by atoms with Crippen LogP contribution in [0.3, 0.4) is 0 Å². The van der Waals surface area contributed by atoms with Gasteiger partial charge in [0, 0.05) is 12.1 Å². The molecule has 0 aromatic heterocycles. The maximum absolute atomic E-state index is 11.9. The fourth-order valence-corrected chi connectivity index (χ4v) is 5.42. The van der Waals surface area contributed by atoms with Gasteiger partial charge in [-0.1, -0.05) is 38.1 Å². The quantitative estimate of drug-likeness (QED) is 0.914. The summed E-state index contributed by atoms with van der Waals surface area (Å²) >= 11 is 0. The highest BCUT2D eigenvalue weighted by atomic mass is 32.2. The van der Waals surface area contributed by atoms with Gasteiger partial charge >= 0.3 is 0 Å². The summed E-state index contributed by atoms with van der Waals surface area (Å²) in [5, 5.41) is 3.68. The number of fused-ring (bicyclic) bond motifs is 1. The Balaban J connectivity index is 1.86. The van der Waals surface area contributed by atoms with Gasteiger partial charge in [0.1, 0.15) is 0 Å². The molecule has 3 rings (SSSR count). The topological polar surface area (TPSA) is 46.2 Å². The normalized spacial score (nSPS) is 30.6. The Morgan fingerprint density at radius 2 is 2.00 bits per heavy atom. The lowest BCUT2D eigenvalue weighted by atomic mass is 9.70. The van der Waals surface area contributed by atoms with Gasteiger partial charge < -0.3 is 5.32 Å². The third-order valence-electron chi connectivity index (χ3n) is 5.05. The van der Waals surface area contributed by atoms with Gasteiger partial charge in [-0.2, -0.15) is 0 Å². The van der Waals surface area contributed by atoms with E-state index in [9.17, 15) is 8.42 Å². The van der Waals surface area contributed by atoms with E-state index in [1.807, 2.05) is 0 Å². The molecule has 2 atom stereocenters. The molecule has 1 saturated heterocycles. The van der Waals surface area contributed by atoms with Crippen LogP contribution in [0.15, 0.2) is 24.3 Å². The van der Waals surface area contributed by atoms with Gasteiger partial charge in [-0.15, -0.1) is 0 Å². The zero-order valence-electron chi connectivity index (χ0n) is 12.9. The van der Waals surface area contributed by atoms with Gasteiger partial charge in [0.25, 0.3) is 0 Å². The molecule has 0 radical (unpaired) electrons. The molecule has 0 amide bonds. The smallest absolute Gasteiger partial charge is 0.151 e. The SMILES string of the molecule is CC1(C)CCc2ccccc2C1NC1CCCS(=O)(=O)C1. The fraction of sp³-hybridized carbons (Fsp3) is 0.647. The maximum Gasteiger partial charge on any atom is 0.151 e. The monoisotopic (exact) mass is 307 g/mol. The molecule has 1 heterocycles. The standard InChI is InChI=1S/C17H25NO2S/c1-17(2)10-9-13-6-3-4-8-15(13)16(17)18-14-7-5-11-21(19,20)12-14/h3-4,6,8,14,16,18H,5,7,9-12H2,1-2H3. The van der Waals surface area contributed by atoms with Crippen molar-refractivity contribution in [3.05, 3.63) is 35.4 Å². The molecule has 4 heteroatoms. The highest BCUT2D eigenvalue weighted by molar-refractivity contribution is 7.91. The first kappa shape index (κ1) is 15.0. The Kier molecular flexibility index (Phi) is 3.87. The zero-order chi connectivity index (χ0) is 15.1. The van der Waals surface area contributed by atoms with Crippen molar-refractivity contribution >= 4 is 9.84 Å². The van der Waals surface area contributed by atoms with Crippen LogP contribution in [0.4, 0.5) is 0 Å². The Hall–Kier alpha value is -0.870. The minimum absolute atomic E-state index is 0.0965. The molecule has 1 aliphatic carbocycles. The van der Waals surface area contributed by atoms with Gasteiger partial charge in [-0.05, 0) is 42.2 Å². The number of sulfone groups is 1. The van der Waals surface area contributed by atoms with E-state index in [-0.39, 0.29) is 17.5 Å². The molecule has 1 aromatic carbocycles. The Morgan fingerprint density at radius 3 is 2.76 bits per heavy atom. The highest BCUT2D eigenvalue weighted by Crippen LogP contribution is 2.43. The van der Waals surface area contributed by atoms with E-state index >= 15 is 0 Å². The summed E-state index contributed by atoms with van der Waals surface area (Å²) in [5.74, 6) is 0.650. The number of benzene rings is 1. The fourth-order valence-electron chi connectivity index (χ4n) is 3.77. The van der Waals surface area contributed by atoms with Gasteiger partial charge in [0.15, 0.2) is 9.84 Å². The molecule has 1 aromatic rings. The second-order valence-electron chi connectivity index (χ2n) is 7.24. The van der Waals surface area contributed by atoms with Crippen LogP contribution in [0.1, 0.15) is 50.3 Å². The second-order valence-corrected chi connectivity index (χ2v) is 9.47. The number of aryl methyl sites for hydroxylation is 1. The minimum Gasteiger partial charge on any atom is -0.306 e. The lowest BCUT2D eigenvalue weighted by Gasteiger charge is -2.43. The molecular formula is C17H25NO2S. The highest BCUT2D eigenvalue weighted by Gasteiger charge is 2.38. The van der Waals surface area contributed by atoms with E-state index in [4.69, 9.17) is 0 Å². The van der Waals surface area contributed by atoms with E-state index < -0.39 is 9.84 Å². The van der Waals surface area contributed by atoms with Crippen LogP contribution in [0.5, 0.6) is 0 Å². The summed E-state index contributed by atoms with van der Waals surface area (Å²) < 4.78 is 23.7. The number of rotatable bonds is 2. The molecule has 0 saturated carbocycles. The number of hydrogen-bond acceptors (Lipinski definition) is 3. The lowest BCUT2D eigenvalue weighted by molar-refractivity contribution is 0.193. The summed E-state index contributed by atoms with van der Waals surface area (Å²) in [6, 6.07) is 8.94. The average molecular weight is 307 g/mol. The Bertz CT molecular complexity index is 621. The van der Waals surface area contributed by atoms with E-state index in [1.165, 1.54) is 11.1 Å². The third-order valence-corrected chi connectivity index (χ3v) is 6.87. The number of nitrogens with one attached hydrogen (secondary N) is 1. The third kappa shape index (κ3) is 3.16. The summed E-state index contributed by atoms with van der Waals surface area (Å²) in [6.07, 6.45) is 4.01. The van der Waals surface area contributed by atoms with Crippen LogP contribution in [-0.2, 0) is 16.3 Å². The van der Waals surface area contributed by atoms with Crippen LogP contribution in [0, 0.1) is 5.41 Å². The zero-order valence-corrected chi connectivity index (χ0v) is 13.7. The van der Waals surface area contributed by atoms with Crippen LogP contribution in [0.2, 0.25) is 0 Å². The first-order chi connectivity index (χ1) is 9.87. The second kappa shape index (κ2) is 5.40. The minimum atomic E-state index is -2.86. The van der Waals surface area contributed by atoms with Crippen LogP contribution in [0.25, 0.3) is 0 Å². The largest absolute Gasteiger partial charge is 0.306 e. The molecule has 1 N–H and O–H groups in total. The molecule has 1 fully saturated rings. The summed E-state index contributed by atoms with van der Waals surface area (Å²) in [5.41, 5.74) is 2.93. The van der Waals surface area contributed by atoms with Crippen molar-refractivity contribution < 1.29 is 8.42 Å². The molecule has 21 heavy (non-hydrogen) atoms. The molecule has 1 aliphatic heterocycles. The molecule has 116 valence electrons. The van der Waals surface area contributed by atoms with E-state index in [2.05, 4.69) is 43.4 Å². The van der Waals surface area contributed by atoms with Crippen LogP contribution >= 0.6 is 0 Å². The van der Waals surface area contributed by atoms with Gasteiger partial charge in [0.2, 0.25) is 0 Å². The average Bonchev–Trinajstić information content (AvgIpc) is 2.41. The predicted molar refractivity (Wildman–Crippen MR) is 86.1 cm³/mol. The molecule has 0 bridgehead atoms. The number of hydrogen-bond donors (Lipinski definition) is 1. The van der Waals surface area contributed by atoms with Crippen molar-refractivity contribution in [2.75, 3.05) is 11.5 Å². The summed E-state index contributed by atoms with van der Waals surface area (Å²) in [6.45, 7) is 4.58. The Labute approximate surface area is 128 Å². The lowest BCUT2D eigenvalue weighted by Crippen LogP contribution is -2.47. The Morgan fingerprint density at radius 1 is 1.24 bits per heavy atom. The van der Waals surface area contributed by atoms with Crippen molar-refractivity contribution in [2.24, 2.45) is 5.41 Å². The van der Waals surface area contributed by atoms with E-state index in [0.29, 0.717) is 11.5 Å². The molecule has 3 nitrogen and oxygen atoms in total. The first-order valence-corrected chi connectivity index (χ1v) is 9.74. The maximum atomic E-state index is 11.9. The van der Waals surface area contributed by atoms with Crippen molar-refractivity contribution in [3.63, 3.8) is 0 Å². The predicted octanol–water partition coefficient (Wildman–Crippen LogP) is 2.87. The first-order valence-electron chi connectivity index (χ1n) is 7.92. The summed E-state index contributed by atoms with van der Waals surface area (Å²) in [4.78, 5) is 0. The van der Waals surface area contributed by atoms with Gasteiger partial charge in [-0.25, -0.2) is 8.42 Å². The molecular weight excluding hydrogens is 282 g/mol. The van der Waals surface area contributed by atoms with Crippen LogP contribution < -0.4 is 5.32 Å². The van der Waals surface area contributed by atoms with Crippen molar-refractivity contribution in [2.45, 2.75) is 51.6 Å². The summed E-state index contributed by atoms with van der Waals surface area (Å²) in [7, 11) is -2.86. The molecule has 0 spiro atoms. The van der Waals surface area contributed by atoms with Gasteiger partial charge in [0.05, 0.1) is 11.5 Å². The van der Waals surface area contributed by atoms with E-state index in [0.717, 1.165) is 25.7 Å². The molecule has 2 aliphatic rings.